The molecule has 5 heteroatoms. The van der Waals surface area contributed by atoms with Crippen molar-refractivity contribution in [1.29, 1.82) is 0 Å². The first-order valence-electron chi connectivity index (χ1n) is 6.36. The highest BCUT2D eigenvalue weighted by Crippen LogP contribution is 2.19. The van der Waals surface area contributed by atoms with Crippen LogP contribution in [0, 0.1) is 0 Å². The Hall–Kier alpha value is -1.91. The number of aryl methyl sites for hydroxylation is 1. The molecule has 0 saturated heterocycles. The van der Waals surface area contributed by atoms with Crippen LogP contribution >= 0.6 is 11.6 Å². The fourth-order valence-electron chi connectivity index (χ4n) is 1.79. The number of halogens is 1. The third-order valence-electron chi connectivity index (χ3n) is 2.95. The van der Waals surface area contributed by atoms with Gasteiger partial charge in [-0.2, -0.15) is 0 Å². The Bertz CT molecular complexity index is 574. The summed E-state index contributed by atoms with van der Waals surface area (Å²) in [5.41, 5.74) is 7.53. The molecule has 20 heavy (non-hydrogen) atoms. The minimum atomic E-state index is -0.577. The lowest BCUT2D eigenvalue weighted by molar-refractivity contribution is -0.117. The maximum absolute atomic E-state index is 12.0. The van der Waals surface area contributed by atoms with Crippen LogP contribution in [0.1, 0.15) is 12.0 Å². The number of carbonyl (C=O) groups is 1. The predicted octanol–water partition coefficient (Wildman–Crippen LogP) is 2.63. The zero-order chi connectivity index (χ0) is 14.4. The fourth-order valence-corrected chi connectivity index (χ4v) is 1.95. The van der Waals surface area contributed by atoms with Gasteiger partial charge < -0.3 is 11.1 Å². The molecule has 1 aromatic carbocycles. The van der Waals surface area contributed by atoms with E-state index in [9.17, 15) is 4.79 Å². The summed E-state index contributed by atoms with van der Waals surface area (Å²) in [5.74, 6) is -0.254. The van der Waals surface area contributed by atoms with Gasteiger partial charge in [0.1, 0.15) is 0 Å². The average molecular weight is 290 g/mol. The zero-order valence-electron chi connectivity index (χ0n) is 10.9. The van der Waals surface area contributed by atoms with Crippen molar-refractivity contribution in [1.82, 2.24) is 4.98 Å². The topological polar surface area (TPSA) is 68.0 Å². The molecule has 0 unspecified atom stereocenters. The Morgan fingerprint density at radius 3 is 2.75 bits per heavy atom. The Morgan fingerprint density at radius 1 is 1.30 bits per heavy atom. The number of nitrogens with zero attached hydrogens (tertiary/aromatic N) is 1. The lowest BCUT2D eigenvalue weighted by Gasteiger charge is -2.12. The summed E-state index contributed by atoms with van der Waals surface area (Å²) in [6.45, 7) is 0. The van der Waals surface area contributed by atoms with E-state index in [2.05, 4.69) is 10.3 Å². The molecule has 2 aromatic rings. The number of nitrogens with one attached hydrogen (secondary N) is 1. The maximum Gasteiger partial charge on any atom is 0.241 e. The van der Waals surface area contributed by atoms with Crippen molar-refractivity contribution in [3.63, 3.8) is 0 Å². The summed E-state index contributed by atoms with van der Waals surface area (Å²) >= 11 is 5.95. The smallest absolute Gasteiger partial charge is 0.241 e. The number of hydrogen-bond acceptors (Lipinski definition) is 3. The summed E-state index contributed by atoms with van der Waals surface area (Å²) in [6.07, 6.45) is 4.40. The van der Waals surface area contributed by atoms with Crippen LogP contribution in [0.2, 0.25) is 5.02 Å². The van der Waals surface area contributed by atoms with Gasteiger partial charge in [0.25, 0.3) is 0 Å². The van der Waals surface area contributed by atoms with E-state index in [1.807, 2.05) is 30.3 Å². The number of carbonyl (C=O) groups excluding carboxylic acids is 1. The van der Waals surface area contributed by atoms with Crippen molar-refractivity contribution in [2.45, 2.75) is 18.9 Å². The third-order valence-corrected chi connectivity index (χ3v) is 3.28. The first-order valence-corrected chi connectivity index (χ1v) is 6.74. The van der Waals surface area contributed by atoms with Crippen LogP contribution in [0.5, 0.6) is 0 Å². The largest absolute Gasteiger partial charge is 0.322 e. The fraction of sp³-hybridized carbons (Fsp3) is 0.200. The van der Waals surface area contributed by atoms with E-state index in [1.165, 1.54) is 6.20 Å². The molecule has 1 atom stereocenters. The summed E-state index contributed by atoms with van der Waals surface area (Å²) in [6, 6.07) is 11.0. The molecule has 0 radical (unpaired) electrons. The van der Waals surface area contributed by atoms with Gasteiger partial charge in [0.2, 0.25) is 5.91 Å². The highest BCUT2D eigenvalue weighted by atomic mass is 35.5. The Morgan fingerprint density at radius 2 is 2.05 bits per heavy atom. The molecule has 0 aliphatic carbocycles. The molecular weight excluding hydrogens is 274 g/mol. The standard InChI is InChI=1S/C15H16ClN3O/c16-12-8-9-18-10-14(12)19-15(20)13(17)7-6-11-4-2-1-3-5-11/h1-5,8-10,13H,6-7,17H2,(H,19,20)/t13-/m0/s1. The Labute approximate surface area is 123 Å². The van der Waals surface area contributed by atoms with Crippen molar-refractivity contribution in [2.24, 2.45) is 5.73 Å². The number of rotatable bonds is 5. The monoisotopic (exact) mass is 289 g/mol. The molecule has 0 spiro atoms. The predicted molar refractivity (Wildman–Crippen MR) is 80.6 cm³/mol. The quantitative estimate of drug-likeness (QED) is 0.889. The van der Waals surface area contributed by atoms with E-state index in [0.717, 1.165) is 12.0 Å². The second kappa shape index (κ2) is 7.03. The summed E-state index contributed by atoms with van der Waals surface area (Å²) < 4.78 is 0. The summed E-state index contributed by atoms with van der Waals surface area (Å²) in [4.78, 5) is 15.9. The van der Waals surface area contributed by atoms with Crippen LogP contribution in [-0.4, -0.2) is 16.9 Å². The lowest BCUT2D eigenvalue weighted by atomic mass is 10.1. The molecule has 0 aliphatic rings. The highest BCUT2D eigenvalue weighted by Gasteiger charge is 2.14. The van der Waals surface area contributed by atoms with E-state index in [0.29, 0.717) is 17.1 Å². The molecule has 0 bridgehead atoms. The SMILES string of the molecule is N[C@@H](CCc1ccccc1)C(=O)Nc1cnccc1Cl. The zero-order valence-corrected chi connectivity index (χ0v) is 11.7. The maximum atomic E-state index is 12.0. The van der Waals surface area contributed by atoms with Gasteiger partial charge in [-0.05, 0) is 24.5 Å². The number of anilines is 1. The number of pyridine rings is 1. The number of aromatic nitrogens is 1. The number of amides is 1. The van der Waals surface area contributed by atoms with Gasteiger partial charge in [-0.15, -0.1) is 0 Å². The number of nitrogens with two attached hydrogens (primary N) is 1. The van der Waals surface area contributed by atoms with Gasteiger partial charge >= 0.3 is 0 Å². The molecule has 1 aromatic heterocycles. The van der Waals surface area contributed by atoms with Gasteiger partial charge in [0, 0.05) is 6.20 Å². The highest BCUT2D eigenvalue weighted by molar-refractivity contribution is 6.33. The van der Waals surface area contributed by atoms with Crippen molar-refractivity contribution in [3.8, 4) is 0 Å². The molecular formula is C15H16ClN3O. The van der Waals surface area contributed by atoms with Crippen LogP contribution in [0.15, 0.2) is 48.8 Å². The van der Waals surface area contributed by atoms with Gasteiger partial charge in [0.15, 0.2) is 0 Å². The van der Waals surface area contributed by atoms with Crippen LogP contribution in [0.25, 0.3) is 0 Å². The number of benzene rings is 1. The van der Waals surface area contributed by atoms with E-state index in [1.54, 1.807) is 12.3 Å². The minimum Gasteiger partial charge on any atom is -0.322 e. The van der Waals surface area contributed by atoms with Crippen molar-refractivity contribution >= 4 is 23.2 Å². The molecule has 0 saturated carbocycles. The lowest BCUT2D eigenvalue weighted by Crippen LogP contribution is -2.36. The second-order valence-electron chi connectivity index (χ2n) is 4.48. The number of hydrogen-bond donors (Lipinski definition) is 2. The van der Waals surface area contributed by atoms with E-state index >= 15 is 0 Å². The van der Waals surface area contributed by atoms with Crippen molar-refractivity contribution in [3.05, 3.63) is 59.4 Å². The molecule has 0 fully saturated rings. The molecule has 0 aliphatic heterocycles. The van der Waals surface area contributed by atoms with Crippen LogP contribution in [-0.2, 0) is 11.2 Å². The van der Waals surface area contributed by atoms with Crippen LogP contribution in [0.4, 0.5) is 5.69 Å². The van der Waals surface area contributed by atoms with Gasteiger partial charge in [0.05, 0.1) is 22.9 Å². The minimum absolute atomic E-state index is 0.254. The molecule has 1 heterocycles. The Kier molecular flexibility index (Phi) is 5.09. The molecule has 1 amide bonds. The van der Waals surface area contributed by atoms with E-state index in [-0.39, 0.29) is 5.91 Å². The van der Waals surface area contributed by atoms with E-state index in [4.69, 9.17) is 17.3 Å². The molecule has 3 N–H and O–H groups in total. The van der Waals surface area contributed by atoms with Gasteiger partial charge in [-0.3, -0.25) is 9.78 Å². The van der Waals surface area contributed by atoms with Crippen LogP contribution < -0.4 is 11.1 Å². The first-order chi connectivity index (χ1) is 9.66. The first kappa shape index (κ1) is 14.5. The molecule has 104 valence electrons. The Balaban J connectivity index is 1.88. The molecule has 2 rings (SSSR count). The van der Waals surface area contributed by atoms with Gasteiger partial charge in [-0.1, -0.05) is 41.9 Å². The third kappa shape index (κ3) is 4.05. The molecule has 4 nitrogen and oxygen atoms in total. The summed E-state index contributed by atoms with van der Waals surface area (Å²) in [5, 5.41) is 3.14. The van der Waals surface area contributed by atoms with Crippen molar-refractivity contribution < 1.29 is 4.79 Å². The second-order valence-corrected chi connectivity index (χ2v) is 4.88. The van der Waals surface area contributed by atoms with Crippen LogP contribution in [0.3, 0.4) is 0 Å². The average Bonchev–Trinajstić information content (AvgIpc) is 2.48. The summed E-state index contributed by atoms with van der Waals surface area (Å²) in [7, 11) is 0. The van der Waals surface area contributed by atoms with Gasteiger partial charge in [-0.25, -0.2) is 0 Å². The van der Waals surface area contributed by atoms with E-state index < -0.39 is 6.04 Å². The normalized spacial score (nSPS) is 11.9. The van der Waals surface area contributed by atoms with Crippen molar-refractivity contribution in [2.75, 3.05) is 5.32 Å².